The molecule has 6 heteroatoms. The van der Waals surface area contributed by atoms with E-state index in [1.807, 2.05) is 6.92 Å². The quantitative estimate of drug-likeness (QED) is 0.633. The number of amides is 3. The summed E-state index contributed by atoms with van der Waals surface area (Å²) in [6.07, 6.45) is 2.06. The first-order valence-corrected chi connectivity index (χ1v) is 6.25. The molecule has 1 aliphatic heterocycles. The lowest BCUT2D eigenvalue weighted by molar-refractivity contribution is -0.138. The highest BCUT2D eigenvalue weighted by atomic mass is 16.2. The molecule has 0 aromatic carbocycles. The van der Waals surface area contributed by atoms with Gasteiger partial charge >= 0.3 is 0 Å². The molecule has 1 fully saturated rings. The number of imide groups is 1. The Morgan fingerprint density at radius 3 is 2.67 bits per heavy atom. The molecule has 18 heavy (non-hydrogen) atoms. The van der Waals surface area contributed by atoms with E-state index in [9.17, 15) is 14.4 Å². The average Bonchev–Trinajstić information content (AvgIpc) is 2.55. The molecule has 3 N–H and O–H groups in total. The lowest BCUT2D eigenvalue weighted by Crippen LogP contribution is -2.40. The number of likely N-dealkylation sites (tertiary alicyclic amines) is 1. The smallest absolute Gasteiger partial charge is 0.252 e. The zero-order chi connectivity index (χ0) is 13.7. The van der Waals surface area contributed by atoms with Crippen molar-refractivity contribution in [2.45, 2.75) is 38.6 Å². The molecule has 1 aliphatic rings. The van der Waals surface area contributed by atoms with E-state index in [4.69, 9.17) is 5.73 Å². The Morgan fingerprint density at radius 2 is 2.17 bits per heavy atom. The zero-order valence-corrected chi connectivity index (χ0v) is 10.9. The Kier molecular flexibility index (Phi) is 5.27. The van der Waals surface area contributed by atoms with E-state index in [1.165, 1.54) is 7.05 Å². The van der Waals surface area contributed by atoms with Gasteiger partial charge in [-0.05, 0) is 25.3 Å². The van der Waals surface area contributed by atoms with Crippen LogP contribution in [0.4, 0.5) is 0 Å². The van der Waals surface area contributed by atoms with E-state index in [1.54, 1.807) is 0 Å². The second-order valence-electron chi connectivity index (χ2n) is 4.84. The molecule has 0 aromatic rings. The van der Waals surface area contributed by atoms with Crippen molar-refractivity contribution in [3.63, 3.8) is 0 Å². The highest BCUT2D eigenvalue weighted by Crippen LogP contribution is 2.12. The first-order valence-electron chi connectivity index (χ1n) is 6.25. The molecule has 0 bridgehead atoms. The second-order valence-corrected chi connectivity index (χ2v) is 4.84. The summed E-state index contributed by atoms with van der Waals surface area (Å²) in [6.45, 7) is 2.65. The normalized spacial score (nSPS) is 21.3. The van der Waals surface area contributed by atoms with Crippen molar-refractivity contribution in [3.8, 4) is 0 Å². The van der Waals surface area contributed by atoms with Crippen LogP contribution >= 0.6 is 0 Å². The maximum Gasteiger partial charge on any atom is 0.252 e. The standard InChI is InChI=1S/C12H21N3O3/c1-8(5-6-13)3-4-10(16)14-9-7-11(17)15(2)12(9)18/h8-9H,3-7,13H2,1-2H3,(H,14,16). The first-order chi connectivity index (χ1) is 8.45. The Hall–Kier alpha value is -1.43. The molecule has 2 atom stereocenters. The third kappa shape index (κ3) is 3.80. The summed E-state index contributed by atoms with van der Waals surface area (Å²) in [7, 11) is 1.43. The van der Waals surface area contributed by atoms with Crippen molar-refractivity contribution in [3.05, 3.63) is 0 Å². The Balaban J connectivity index is 2.33. The third-order valence-electron chi connectivity index (χ3n) is 3.24. The van der Waals surface area contributed by atoms with Gasteiger partial charge in [0.05, 0.1) is 6.42 Å². The molecule has 0 saturated carbocycles. The maximum atomic E-state index is 11.6. The molecule has 1 heterocycles. The fourth-order valence-corrected chi connectivity index (χ4v) is 1.94. The van der Waals surface area contributed by atoms with Crippen LogP contribution in [0.3, 0.4) is 0 Å². The van der Waals surface area contributed by atoms with Crippen molar-refractivity contribution in [1.29, 1.82) is 0 Å². The van der Waals surface area contributed by atoms with Gasteiger partial charge in [-0.3, -0.25) is 19.3 Å². The van der Waals surface area contributed by atoms with Gasteiger partial charge in [0.2, 0.25) is 11.8 Å². The van der Waals surface area contributed by atoms with Gasteiger partial charge < -0.3 is 11.1 Å². The number of rotatable bonds is 6. The fourth-order valence-electron chi connectivity index (χ4n) is 1.94. The monoisotopic (exact) mass is 255 g/mol. The van der Waals surface area contributed by atoms with Crippen molar-refractivity contribution in [1.82, 2.24) is 10.2 Å². The van der Waals surface area contributed by atoms with Crippen LogP contribution in [-0.2, 0) is 14.4 Å². The van der Waals surface area contributed by atoms with Crippen LogP contribution in [0.5, 0.6) is 0 Å². The number of hydrogen-bond donors (Lipinski definition) is 2. The zero-order valence-electron chi connectivity index (χ0n) is 10.9. The molecule has 102 valence electrons. The summed E-state index contributed by atoms with van der Waals surface area (Å²) in [5, 5.41) is 2.60. The van der Waals surface area contributed by atoms with E-state index in [-0.39, 0.29) is 24.1 Å². The van der Waals surface area contributed by atoms with Crippen molar-refractivity contribution < 1.29 is 14.4 Å². The topological polar surface area (TPSA) is 92.5 Å². The van der Waals surface area contributed by atoms with Crippen molar-refractivity contribution in [2.24, 2.45) is 11.7 Å². The van der Waals surface area contributed by atoms with Gasteiger partial charge in [-0.1, -0.05) is 6.92 Å². The van der Waals surface area contributed by atoms with Gasteiger partial charge in [-0.25, -0.2) is 0 Å². The number of nitrogens with one attached hydrogen (secondary N) is 1. The molecule has 3 amide bonds. The van der Waals surface area contributed by atoms with Crippen LogP contribution in [0.1, 0.15) is 32.6 Å². The highest BCUT2D eigenvalue weighted by Gasteiger charge is 2.36. The molecule has 2 unspecified atom stereocenters. The largest absolute Gasteiger partial charge is 0.344 e. The van der Waals surface area contributed by atoms with Gasteiger partial charge in [0.1, 0.15) is 6.04 Å². The first kappa shape index (κ1) is 14.6. The van der Waals surface area contributed by atoms with Crippen LogP contribution in [0, 0.1) is 5.92 Å². The maximum absolute atomic E-state index is 11.6. The minimum absolute atomic E-state index is 0.0689. The van der Waals surface area contributed by atoms with Crippen LogP contribution in [-0.4, -0.2) is 42.3 Å². The highest BCUT2D eigenvalue weighted by molar-refractivity contribution is 6.06. The van der Waals surface area contributed by atoms with Gasteiger partial charge in [-0.2, -0.15) is 0 Å². The Morgan fingerprint density at radius 1 is 1.50 bits per heavy atom. The van der Waals surface area contributed by atoms with E-state index in [0.717, 1.165) is 17.7 Å². The SMILES string of the molecule is CC(CCN)CCC(=O)NC1CC(=O)N(C)C1=O. The number of carbonyl (C=O) groups excluding carboxylic acids is 3. The Labute approximate surface area is 107 Å². The van der Waals surface area contributed by atoms with E-state index in [2.05, 4.69) is 5.32 Å². The second kappa shape index (κ2) is 6.49. The van der Waals surface area contributed by atoms with E-state index in [0.29, 0.717) is 18.9 Å². The van der Waals surface area contributed by atoms with E-state index >= 15 is 0 Å². The summed E-state index contributed by atoms with van der Waals surface area (Å²) in [5.74, 6) is -0.366. The minimum Gasteiger partial charge on any atom is -0.344 e. The molecule has 0 radical (unpaired) electrons. The molecular weight excluding hydrogens is 234 g/mol. The fraction of sp³-hybridized carbons (Fsp3) is 0.750. The van der Waals surface area contributed by atoms with Crippen LogP contribution in [0.15, 0.2) is 0 Å². The number of likely N-dealkylation sites (N-methyl/N-ethyl adjacent to an activating group) is 1. The molecule has 1 saturated heterocycles. The molecule has 0 aliphatic carbocycles. The summed E-state index contributed by atoms with van der Waals surface area (Å²) in [4.78, 5) is 35.5. The van der Waals surface area contributed by atoms with Crippen molar-refractivity contribution >= 4 is 17.7 Å². The molecule has 0 aromatic heterocycles. The lowest BCUT2D eigenvalue weighted by Gasteiger charge is -2.13. The van der Waals surface area contributed by atoms with Gasteiger partial charge in [-0.15, -0.1) is 0 Å². The minimum atomic E-state index is -0.681. The molecule has 0 spiro atoms. The van der Waals surface area contributed by atoms with Crippen molar-refractivity contribution in [2.75, 3.05) is 13.6 Å². The van der Waals surface area contributed by atoms with Gasteiger partial charge in [0.15, 0.2) is 0 Å². The lowest BCUT2D eigenvalue weighted by atomic mass is 10.0. The summed E-state index contributed by atoms with van der Waals surface area (Å²) < 4.78 is 0. The number of hydrogen-bond acceptors (Lipinski definition) is 4. The molecule has 1 rings (SSSR count). The predicted molar refractivity (Wildman–Crippen MR) is 66.4 cm³/mol. The number of nitrogens with two attached hydrogens (primary N) is 1. The number of nitrogens with zero attached hydrogens (tertiary/aromatic N) is 1. The summed E-state index contributed by atoms with van der Waals surface area (Å²) in [6, 6.07) is -0.681. The Bertz CT molecular complexity index is 343. The summed E-state index contributed by atoms with van der Waals surface area (Å²) >= 11 is 0. The van der Waals surface area contributed by atoms with Crippen LogP contribution in [0.2, 0.25) is 0 Å². The molecule has 6 nitrogen and oxygen atoms in total. The van der Waals surface area contributed by atoms with Gasteiger partial charge in [0, 0.05) is 13.5 Å². The third-order valence-corrected chi connectivity index (χ3v) is 3.24. The average molecular weight is 255 g/mol. The predicted octanol–water partition coefficient (Wildman–Crippen LogP) is -0.375. The van der Waals surface area contributed by atoms with Crippen LogP contribution < -0.4 is 11.1 Å². The number of carbonyl (C=O) groups is 3. The molecular formula is C12H21N3O3. The van der Waals surface area contributed by atoms with E-state index < -0.39 is 6.04 Å². The van der Waals surface area contributed by atoms with Gasteiger partial charge in [0.25, 0.3) is 5.91 Å². The summed E-state index contributed by atoms with van der Waals surface area (Å²) in [5.41, 5.74) is 5.43. The van der Waals surface area contributed by atoms with Crippen LogP contribution in [0.25, 0.3) is 0 Å².